The van der Waals surface area contributed by atoms with Crippen molar-refractivity contribution in [1.29, 1.82) is 0 Å². The Hall–Kier alpha value is -3.20. The van der Waals surface area contributed by atoms with Crippen LogP contribution in [0.25, 0.3) is 0 Å². The van der Waals surface area contributed by atoms with Crippen molar-refractivity contribution in [3.8, 4) is 0 Å². The summed E-state index contributed by atoms with van der Waals surface area (Å²) < 4.78 is 15.3. The zero-order valence-corrected chi connectivity index (χ0v) is 19.1. The highest BCUT2D eigenvalue weighted by Crippen LogP contribution is 2.53. The van der Waals surface area contributed by atoms with Crippen LogP contribution in [0, 0.1) is 17.7 Å². The molecule has 4 aliphatic carbocycles. The molecule has 1 aromatic carbocycles. The number of nitrogens with zero attached hydrogens (tertiary/aromatic N) is 2. The van der Waals surface area contributed by atoms with Crippen molar-refractivity contribution in [2.75, 3.05) is 18.4 Å². The van der Waals surface area contributed by atoms with Gasteiger partial charge in [-0.05, 0) is 67.2 Å². The van der Waals surface area contributed by atoms with Crippen LogP contribution in [-0.2, 0) is 0 Å². The third-order valence-corrected chi connectivity index (χ3v) is 7.59. The number of carbonyl (C=O) groups excluding carboxylic acids is 2. The van der Waals surface area contributed by atoms with E-state index < -0.39 is 11.7 Å². The Labute approximate surface area is 200 Å². The minimum absolute atomic E-state index is 0.140. The summed E-state index contributed by atoms with van der Waals surface area (Å²) in [6.45, 7) is 1.25. The van der Waals surface area contributed by atoms with Crippen molar-refractivity contribution >= 4 is 40.9 Å². The third-order valence-electron chi connectivity index (χ3n) is 7.21. The summed E-state index contributed by atoms with van der Waals surface area (Å²) in [6.07, 6.45) is 5.66. The molecule has 1 aliphatic heterocycles. The highest BCUT2D eigenvalue weighted by molar-refractivity contribution is 6.36. The monoisotopic (exact) mass is 482 g/mol. The van der Waals surface area contributed by atoms with E-state index in [0.29, 0.717) is 42.0 Å². The number of nitrogens with one attached hydrogen (secondary N) is 4. The minimum atomic E-state index is -0.585. The van der Waals surface area contributed by atoms with Gasteiger partial charge in [0.25, 0.3) is 11.8 Å². The number of guanidine groups is 1. The number of anilines is 2. The van der Waals surface area contributed by atoms with Gasteiger partial charge in [-0.3, -0.25) is 19.9 Å². The van der Waals surface area contributed by atoms with Gasteiger partial charge in [-0.25, -0.2) is 9.37 Å². The van der Waals surface area contributed by atoms with Crippen LogP contribution in [0.1, 0.15) is 57.9 Å². The van der Waals surface area contributed by atoms with Gasteiger partial charge in [-0.1, -0.05) is 11.6 Å². The molecule has 0 spiro atoms. The fourth-order valence-corrected chi connectivity index (χ4v) is 5.09. The van der Waals surface area contributed by atoms with E-state index in [0.717, 1.165) is 12.8 Å². The largest absolute Gasteiger partial charge is 0.354 e. The first-order valence-electron chi connectivity index (χ1n) is 11.6. The Bertz CT molecular complexity index is 1220. The molecule has 0 radical (unpaired) electrons. The van der Waals surface area contributed by atoms with Crippen LogP contribution in [0.4, 0.5) is 15.9 Å². The van der Waals surface area contributed by atoms with Gasteiger partial charge >= 0.3 is 0 Å². The molecule has 2 heterocycles. The third kappa shape index (κ3) is 3.77. The van der Waals surface area contributed by atoms with Crippen molar-refractivity contribution in [2.45, 2.75) is 37.6 Å². The number of rotatable bonds is 6. The van der Waals surface area contributed by atoms with Gasteiger partial charge in [0.05, 0.1) is 22.8 Å². The number of aliphatic imine (C=N–C) groups is 1. The molecule has 1 aromatic heterocycles. The predicted octanol–water partition coefficient (Wildman–Crippen LogP) is 3.32. The summed E-state index contributed by atoms with van der Waals surface area (Å²) in [5.74, 6) is 0.642. The topological polar surface area (TPSA) is 108 Å². The summed E-state index contributed by atoms with van der Waals surface area (Å²) in [6, 6.07) is 4.68. The highest BCUT2D eigenvalue weighted by Gasteiger charge is 2.53. The maximum atomic E-state index is 15.3. The predicted molar refractivity (Wildman–Crippen MR) is 126 cm³/mol. The molecular formula is C24H24ClFN6O2. The van der Waals surface area contributed by atoms with Crippen molar-refractivity contribution in [3.63, 3.8) is 0 Å². The highest BCUT2D eigenvalue weighted by atomic mass is 35.5. The number of aromatic nitrogens is 1. The number of pyridine rings is 1. The zero-order chi connectivity index (χ0) is 23.4. The first kappa shape index (κ1) is 21.3. The van der Waals surface area contributed by atoms with E-state index in [-0.39, 0.29) is 40.0 Å². The summed E-state index contributed by atoms with van der Waals surface area (Å²) >= 11 is 6.53. The second-order valence-corrected chi connectivity index (χ2v) is 9.82. The van der Waals surface area contributed by atoms with E-state index >= 15 is 4.39 Å². The van der Waals surface area contributed by atoms with Gasteiger partial charge in [0.1, 0.15) is 11.6 Å². The molecule has 176 valence electrons. The van der Waals surface area contributed by atoms with Crippen LogP contribution in [-0.4, -0.2) is 41.9 Å². The molecule has 5 aliphatic rings. The van der Waals surface area contributed by atoms with E-state index in [9.17, 15) is 9.59 Å². The Kier molecular flexibility index (Phi) is 5.17. The fourth-order valence-electron chi connectivity index (χ4n) is 4.85. The molecule has 2 aromatic rings. The van der Waals surface area contributed by atoms with E-state index in [4.69, 9.17) is 11.6 Å². The number of carbonyl (C=O) groups is 2. The van der Waals surface area contributed by atoms with Crippen LogP contribution in [0.5, 0.6) is 0 Å². The van der Waals surface area contributed by atoms with E-state index in [1.54, 1.807) is 12.1 Å². The number of hydrogen-bond acceptors (Lipinski definition) is 6. The van der Waals surface area contributed by atoms with Crippen molar-refractivity contribution in [2.24, 2.45) is 16.8 Å². The Morgan fingerprint density at radius 3 is 2.59 bits per heavy atom. The quantitative estimate of drug-likeness (QED) is 0.505. The van der Waals surface area contributed by atoms with Crippen molar-refractivity contribution < 1.29 is 14.0 Å². The molecule has 8 nitrogen and oxygen atoms in total. The maximum absolute atomic E-state index is 15.3. The lowest BCUT2D eigenvalue weighted by atomic mass is 9.52. The molecule has 0 saturated heterocycles. The molecule has 4 N–H and O–H groups in total. The molecule has 4 saturated carbocycles. The Morgan fingerprint density at radius 1 is 1.15 bits per heavy atom. The van der Waals surface area contributed by atoms with E-state index in [1.807, 2.05) is 0 Å². The SMILES string of the molecule is O=C(NC1=NCCN1)c1cc(F)c(Nc2nccc(C(=O)NC3C4CC3C4)c2Cl)c(C2CC2)c1. The number of halogens is 2. The van der Waals surface area contributed by atoms with Crippen molar-refractivity contribution in [1.82, 2.24) is 20.9 Å². The molecule has 0 atom stereocenters. The number of amides is 2. The average Bonchev–Trinajstić information content (AvgIpc) is 3.49. The summed E-state index contributed by atoms with van der Waals surface area (Å²) in [7, 11) is 0. The van der Waals surface area contributed by atoms with Crippen LogP contribution < -0.4 is 21.3 Å². The Balaban J connectivity index is 1.25. The molecule has 7 rings (SSSR count). The zero-order valence-electron chi connectivity index (χ0n) is 18.3. The summed E-state index contributed by atoms with van der Waals surface area (Å²) in [4.78, 5) is 33.8. The van der Waals surface area contributed by atoms with Gasteiger partial charge < -0.3 is 16.0 Å². The second kappa shape index (κ2) is 8.23. The number of hydrogen-bond donors (Lipinski definition) is 4. The smallest absolute Gasteiger partial charge is 0.258 e. The van der Waals surface area contributed by atoms with Gasteiger partial charge in [0.15, 0.2) is 5.96 Å². The van der Waals surface area contributed by atoms with E-state index in [1.165, 1.54) is 25.1 Å². The standard InChI is InChI=1S/C24H24ClFN6O2/c25-18-15(23(34)31-19-12-7-13(19)8-12)3-4-27-21(18)30-20-16(11-1-2-11)9-14(10-17(20)26)22(33)32-24-28-5-6-29-24/h3-4,9-13,19H,1-2,5-8H2,(H,27,30)(H,31,34)(H2,28,29,32,33). The van der Waals surface area contributed by atoms with Gasteiger partial charge in [0, 0.05) is 24.3 Å². The molecule has 10 heteroatoms. The van der Waals surface area contributed by atoms with Crippen LogP contribution in [0.2, 0.25) is 5.02 Å². The molecule has 2 bridgehead atoms. The van der Waals surface area contributed by atoms with Gasteiger partial charge in [-0.15, -0.1) is 0 Å². The number of benzene rings is 1. The maximum Gasteiger partial charge on any atom is 0.258 e. The van der Waals surface area contributed by atoms with Crippen LogP contribution in [0.15, 0.2) is 29.4 Å². The van der Waals surface area contributed by atoms with Crippen LogP contribution in [0.3, 0.4) is 0 Å². The molecular weight excluding hydrogens is 459 g/mol. The first-order valence-corrected chi connectivity index (χ1v) is 12.0. The molecule has 0 unspecified atom stereocenters. The lowest BCUT2D eigenvalue weighted by molar-refractivity contribution is -0.0366. The first-order chi connectivity index (χ1) is 16.5. The lowest BCUT2D eigenvalue weighted by Crippen LogP contribution is -2.63. The summed E-state index contributed by atoms with van der Waals surface area (Å²) in [5.41, 5.74) is 1.43. The van der Waals surface area contributed by atoms with Gasteiger partial charge in [-0.2, -0.15) is 0 Å². The van der Waals surface area contributed by atoms with Gasteiger partial charge in [0.2, 0.25) is 0 Å². The second-order valence-electron chi connectivity index (χ2n) is 9.44. The normalized spacial score (nSPS) is 24.3. The lowest BCUT2D eigenvalue weighted by Gasteiger charge is -2.58. The Morgan fingerprint density at radius 2 is 1.94 bits per heavy atom. The molecule has 34 heavy (non-hydrogen) atoms. The van der Waals surface area contributed by atoms with Crippen LogP contribution >= 0.6 is 11.6 Å². The minimum Gasteiger partial charge on any atom is -0.354 e. The fraction of sp³-hybridized carbons (Fsp3) is 0.417. The van der Waals surface area contributed by atoms with Crippen molar-refractivity contribution in [3.05, 3.63) is 51.9 Å². The summed E-state index contributed by atoms with van der Waals surface area (Å²) in [5, 5.41) is 11.8. The van der Waals surface area contributed by atoms with E-state index in [2.05, 4.69) is 31.2 Å². The molecule has 4 fully saturated rings. The average molecular weight is 483 g/mol. The molecule has 2 amide bonds.